The zero-order valence-corrected chi connectivity index (χ0v) is 10.7. The van der Waals surface area contributed by atoms with Crippen LogP contribution in [0.4, 0.5) is 0 Å². The maximum Gasteiger partial charge on any atom is 0.317 e. The van der Waals surface area contributed by atoms with Gasteiger partial charge < -0.3 is 4.74 Å². The van der Waals surface area contributed by atoms with Crippen molar-refractivity contribution in [1.82, 2.24) is 20.6 Å². The fourth-order valence-electron chi connectivity index (χ4n) is 2.02. The highest BCUT2D eigenvalue weighted by Gasteiger charge is 2.52. The molecule has 1 aliphatic rings. The largest absolute Gasteiger partial charge is 0.457 e. The summed E-state index contributed by atoms with van der Waals surface area (Å²) in [4.78, 5) is 12.2. The average molecular weight is 279 g/mol. The highest BCUT2D eigenvalue weighted by atomic mass is 35.5. The summed E-state index contributed by atoms with van der Waals surface area (Å²) in [7, 11) is 0. The van der Waals surface area contributed by atoms with Gasteiger partial charge in [0.1, 0.15) is 0 Å². The highest BCUT2D eigenvalue weighted by molar-refractivity contribution is 6.30. The van der Waals surface area contributed by atoms with Crippen molar-refractivity contribution in [1.29, 1.82) is 0 Å². The van der Waals surface area contributed by atoms with Gasteiger partial charge in [-0.2, -0.15) is 5.21 Å². The monoisotopic (exact) mass is 278 g/mol. The van der Waals surface area contributed by atoms with Gasteiger partial charge in [-0.1, -0.05) is 28.9 Å². The molecule has 7 heteroatoms. The van der Waals surface area contributed by atoms with Crippen LogP contribution in [0.25, 0.3) is 0 Å². The standard InChI is InChI=1S/C12H11ClN4O2/c13-9-3-1-8(2-4-9)12(5-6-12)11(18)19-7-10-14-16-17-15-10/h1-4H,5-7H2,(H,14,15,16,17). The van der Waals surface area contributed by atoms with Crippen molar-refractivity contribution >= 4 is 17.6 Å². The number of hydrogen-bond acceptors (Lipinski definition) is 5. The van der Waals surface area contributed by atoms with E-state index in [-0.39, 0.29) is 12.6 Å². The summed E-state index contributed by atoms with van der Waals surface area (Å²) < 4.78 is 5.24. The number of halogens is 1. The van der Waals surface area contributed by atoms with Crippen LogP contribution in [-0.4, -0.2) is 26.6 Å². The molecule has 1 aromatic carbocycles. The molecule has 2 aromatic rings. The molecule has 0 atom stereocenters. The topological polar surface area (TPSA) is 80.8 Å². The van der Waals surface area contributed by atoms with E-state index in [9.17, 15) is 4.79 Å². The third kappa shape index (κ3) is 2.31. The maximum atomic E-state index is 12.2. The number of esters is 1. The lowest BCUT2D eigenvalue weighted by molar-refractivity contribution is -0.148. The molecule has 1 saturated carbocycles. The van der Waals surface area contributed by atoms with Crippen molar-refractivity contribution in [3.8, 4) is 0 Å². The molecule has 0 radical (unpaired) electrons. The van der Waals surface area contributed by atoms with E-state index in [1.807, 2.05) is 12.1 Å². The zero-order valence-electron chi connectivity index (χ0n) is 9.97. The summed E-state index contributed by atoms with van der Waals surface area (Å²) in [5.41, 5.74) is 0.420. The van der Waals surface area contributed by atoms with E-state index in [4.69, 9.17) is 16.3 Å². The molecule has 19 heavy (non-hydrogen) atoms. The molecule has 1 aromatic heterocycles. The van der Waals surface area contributed by atoms with Gasteiger partial charge in [0.25, 0.3) is 0 Å². The Bertz CT molecular complexity index is 578. The molecule has 3 rings (SSSR count). The van der Waals surface area contributed by atoms with Gasteiger partial charge in [-0.05, 0) is 30.5 Å². The fraction of sp³-hybridized carbons (Fsp3) is 0.333. The van der Waals surface area contributed by atoms with Crippen LogP contribution >= 0.6 is 11.6 Å². The molecule has 1 N–H and O–H groups in total. The van der Waals surface area contributed by atoms with Crippen LogP contribution in [0.1, 0.15) is 24.2 Å². The number of carbonyl (C=O) groups is 1. The Hall–Kier alpha value is -1.95. The zero-order chi connectivity index (χ0) is 13.3. The summed E-state index contributed by atoms with van der Waals surface area (Å²) in [5.74, 6) is 0.111. The molecule has 0 saturated heterocycles. The van der Waals surface area contributed by atoms with E-state index in [1.165, 1.54) is 0 Å². The van der Waals surface area contributed by atoms with Gasteiger partial charge in [0.15, 0.2) is 6.61 Å². The van der Waals surface area contributed by atoms with Gasteiger partial charge in [0.05, 0.1) is 5.41 Å². The van der Waals surface area contributed by atoms with E-state index in [0.29, 0.717) is 10.8 Å². The number of carbonyl (C=O) groups excluding carboxylic acids is 1. The molecular weight excluding hydrogens is 268 g/mol. The van der Waals surface area contributed by atoms with E-state index in [2.05, 4.69) is 20.6 Å². The molecule has 0 amide bonds. The number of rotatable bonds is 4. The number of aromatic nitrogens is 4. The van der Waals surface area contributed by atoms with E-state index >= 15 is 0 Å². The molecule has 6 nitrogen and oxygen atoms in total. The summed E-state index contributed by atoms with van der Waals surface area (Å²) in [5, 5.41) is 13.8. The van der Waals surface area contributed by atoms with Crippen LogP contribution in [0.15, 0.2) is 24.3 Å². The normalized spacial score (nSPS) is 16.1. The molecule has 1 fully saturated rings. The fourth-order valence-corrected chi connectivity index (χ4v) is 2.14. The first-order valence-electron chi connectivity index (χ1n) is 5.86. The van der Waals surface area contributed by atoms with Gasteiger partial charge >= 0.3 is 5.97 Å². The Morgan fingerprint density at radius 1 is 1.37 bits per heavy atom. The number of aromatic amines is 1. The first-order valence-corrected chi connectivity index (χ1v) is 6.24. The van der Waals surface area contributed by atoms with Gasteiger partial charge in [0, 0.05) is 5.02 Å². The number of nitrogens with zero attached hydrogens (tertiary/aromatic N) is 3. The minimum atomic E-state index is -0.520. The second kappa shape index (κ2) is 4.62. The van der Waals surface area contributed by atoms with Gasteiger partial charge in [-0.25, -0.2) is 0 Å². The second-order valence-electron chi connectivity index (χ2n) is 4.49. The van der Waals surface area contributed by atoms with Crippen LogP contribution in [-0.2, 0) is 21.6 Å². The average Bonchev–Trinajstić information content (AvgIpc) is 3.07. The highest BCUT2D eigenvalue weighted by Crippen LogP contribution is 2.49. The molecule has 1 aliphatic carbocycles. The number of H-pyrrole nitrogens is 1. The predicted molar refractivity (Wildman–Crippen MR) is 66.3 cm³/mol. The summed E-state index contributed by atoms with van der Waals surface area (Å²) in [6, 6.07) is 7.29. The predicted octanol–water partition coefficient (Wildman–Crippen LogP) is 1.63. The first kappa shape index (κ1) is 12.1. The first-order chi connectivity index (χ1) is 9.21. The van der Waals surface area contributed by atoms with Crippen molar-refractivity contribution in [3.05, 3.63) is 40.7 Å². The van der Waals surface area contributed by atoms with Crippen molar-refractivity contribution in [2.45, 2.75) is 24.9 Å². The third-order valence-corrected chi connectivity index (χ3v) is 3.51. The third-order valence-electron chi connectivity index (χ3n) is 3.26. The number of ether oxygens (including phenoxy) is 1. The van der Waals surface area contributed by atoms with Crippen molar-refractivity contribution in [2.24, 2.45) is 0 Å². The maximum absolute atomic E-state index is 12.2. The number of tetrazole rings is 1. The van der Waals surface area contributed by atoms with Crippen LogP contribution in [0.2, 0.25) is 5.02 Å². The van der Waals surface area contributed by atoms with Gasteiger partial charge in [-0.15, -0.1) is 10.2 Å². The van der Waals surface area contributed by atoms with Crippen LogP contribution in [0.5, 0.6) is 0 Å². The summed E-state index contributed by atoms with van der Waals surface area (Å²) in [6.45, 7) is 0.0324. The van der Waals surface area contributed by atoms with E-state index < -0.39 is 5.41 Å². The van der Waals surface area contributed by atoms with Gasteiger partial charge in [0.2, 0.25) is 5.82 Å². The number of benzene rings is 1. The second-order valence-corrected chi connectivity index (χ2v) is 4.93. The lowest BCUT2D eigenvalue weighted by Crippen LogP contribution is -2.23. The molecule has 0 unspecified atom stereocenters. The van der Waals surface area contributed by atoms with Crippen LogP contribution in [0, 0.1) is 0 Å². The van der Waals surface area contributed by atoms with Crippen molar-refractivity contribution < 1.29 is 9.53 Å². The van der Waals surface area contributed by atoms with Crippen LogP contribution < -0.4 is 0 Å². The Kier molecular flexibility index (Phi) is 2.94. The number of nitrogens with one attached hydrogen (secondary N) is 1. The molecular formula is C12H11ClN4O2. The SMILES string of the molecule is O=C(OCc1nn[nH]n1)C1(c2ccc(Cl)cc2)CC1. The number of hydrogen-bond donors (Lipinski definition) is 1. The Morgan fingerprint density at radius 2 is 2.11 bits per heavy atom. The van der Waals surface area contributed by atoms with Crippen molar-refractivity contribution in [2.75, 3.05) is 0 Å². The molecule has 98 valence electrons. The molecule has 0 spiro atoms. The lowest BCUT2D eigenvalue weighted by atomic mass is 9.96. The quantitative estimate of drug-likeness (QED) is 0.860. The molecule has 0 aliphatic heterocycles. The van der Waals surface area contributed by atoms with E-state index in [0.717, 1.165) is 18.4 Å². The molecule has 1 heterocycles. The Balaban J connectivity index is 1.70. The summed E-state index contributed by atoms with van der Waals surface area (Å²) in [6.07, 6.45) is 1.58. The van der Waals surface area contributed by atoms with E-state index in [1.54, 1.807) is 12.1 Å². The van der Waals surface area contributed by atoms with Crippen LogP contribution in [0.3, 0.4) is 0 Å². The van der Waals surface area contributed by atoms with Crippen molar-refractivity contribution in [3.63, 3.8) is 0 Å². The lowest BCUT2D eigenvalue weighted by Gasteiger charge is -2.14. The van der Waals surface area contributed by atoms with Gasteiger partial charge in [-0.3, -0.25) is 4.79 Å². The Morgan fingerprint density at radius 3 is 2.68 bits per heavy atom. The molecule has 0 bridgehead atoms. The summed E-state index contributed by atoms with van der Waals surface area (Å²) >= 11 is 5.85. The minimum Gasteiger partial charge on any atom is -0.457 e. The smallest absolute Gasteiger partial charge is 0.317 e. The minimum absolute atomic E-state index is 0.0324. The Labute approximate surface area is 114 Å².